The number of carboxylic acid groups (broad SMARTS) is 1. The largest absolute Gasteiger partial charge is 0.476 e. The first-order chi connectivity index (χ1) is 8.99. The molecule has 106 valence electrons. The van der Waals surface area contributed by atoms with E-state index in [1.165, 1.54) is 0 Å². The number of morpholine rings is 1. The second-order valence-corrected chi connectivity index (χ2v) is 4.37. The molecule has 0 radical (unpaired) electrons. The van der Waals surface area contributed by atoms with Gasteiger partial charge in [0.1, 0.15) is 5.69 Å². The van der Waals surface area contributed by atoms with Crippen molar-refractivity contribution in [2.45, 2.75) is 19.1 Å². The summed E-state index contributed by atoms with van der Waals surface area (Å²) in [4.78, 5) is 12.8. The van der Waals surface area contributed by atoms with E-state index in [-0.39, 0.29) is 12.6 Å². The third-order valence-electron chi connectivity index (χ3n) is 2.90. The molecule has 1 aliphatic rings. The van der Waals surface area contributed by atoms with Crippen LogP contribution in [0.5, 0.6) is 0 Å². The fraction of sp³-hybridized carbons (Fsp3) is 0.700. The van der Waals surface area contributed by atoms with E-state index in [1.54, 1.807) is 0 Å². The van der Waals surface area contributed by atoms with Crippen molar-refractivity contribution >= 4 is 5.97 Å². The summed E-state index contributed by atoms with van der Waals surface area (Å²) in [6.45, 7) is 1.91. The molecule has 7 nitrogen and oxygen atoms in total. The predicted octanol–water partition coefficient (Wildman–Crippen LogP) is 0.244. The molecule has 2 rings (SSSR count). The quantitative estimate of drug-likeness (QED) is 0.848. The average Bonchev–Trinajstić information content (AvgIpc) is 2.73. The molecule has 1 unspecified atom stereocenters. The molecule has 2 heterocycles. The molecule has 1 aromatic rings. The first kappa shape index (κ1) is 13.8. The molecule has 0 spiro atoms. The van der Waals surface area contributed by atoms with Gasteiger partial charge in [0.15, 0.2) is 5.69 Å². The molecule has 1 aliphatic heterocycles. The highest BCUT2D eigenvalue weighted by atomic mass is 19.3. The zero-order valence-electron chi connectivity index (χ0n) is 10.3. The van der Waals surface area contributed by atoms with Crippen molar-refractivity contribution in [3.05, 3.63) is 11.4 Å². The van der Waals surface area contributed by atoms with Crippen LogP contribution in [0.25, 0.3) is 0 Å². The molecule has 0 saturated carbocycles. The Morgan fingerprint density at radius 1 is 1.63 bits per heavy atom. The summed E-state index contributed by atoms with van der Waals surface area (Å²) in [6.07, 6.45) is -3.25. The molecule has 1 N–H and O–H groups in total. The molecule has 1 aromatic heterocycles. The number of halogens is 2. The minimum Gasteiger partial charge on any atom is -0.476 e. The van der Waals surface area contributed by atoms with Crippen molar-refractivity contribution in [3.8, 4) is 0 Å². The number of aromatic nitrogens is 3. The van der Waals surface area contributed by atoms with Crippen LogP contribution >= 0.6 is 0 Å². The Kier molecular flexibility index (Phi) is 4.05. The summed E-state index contributed by atoms with van der Waals surface area (Å²) in [5, 5.41) is 15.6. The highest BCUT2D eigenvalue weighted by Gasteiger charge is 2.28. The van der Waals surface area contributed by atoms with E-state index in [4.69, 9.17) is 9.84 Å². The second-order valence-electron chi connectivity index (χ2n) is 4.37. The van der Waals surface area contributed by atoms with Crippen LogP contribution in [0, 0.1) is 0 Å². The number of aromatic carboxylic acids is 1. The van der Waals surface area contributed by atoms with Crippen molar-refractivity contribution in [3.63, 3.8) is 0 Å². The van der Waals surface area contributed by atoms with Crippen molar-refractivity contribution < 1.29 is 23.4 Å². The average molecular weight is 276 g/mol. The molecular formula is C10H14F2N4O3. The lowest BCUT2D eigenvalue weighted by Crippen LogP contribution is -2.42. The summed E-state index contributed by atoms with van der Waals surface area (Å²) in [6, 6.07) is 0. The lowest BCUT2D eigenvalue weighted by molar-refractivity contribution is -0.0307. The zero-order valence-corrected chi connectivity index (χ0v) is 10.3. The maximum Gasteiger partial charge on any atom is 0.358 e. The number of hydrogen-bond donors (Lipinski definition) is 1. The van der Waals surface area contributed by atoms with Crippen LogP contribution < -0.4 is 0 Å². The normalized spacial score (nSPS) is 20.9. The first-order valence-electron chi connectivity index (χ1n) is 5.74. The van der Waals surface area contributed by atoms with Crippen molar-refractivity contribution in [2.24, 2.45) is 0 Å². The molecule has 0 amide bonds. The zero-order chi connectivity index (χ0) is 14.0. The Labute approximate surface area is 107 Å². The van der Waals surface area contributed by atoms with Crippen LogP contribution in [-0.2, 0) is 11.3 Å². The number of ether oxygens (including phenoxy) is 1. The van der Waals surface area contributed by atoms with Crippen LogP contribution in [0.2, 0.25) is 0 Å². The van der Waals surface area contributed by atoms with Gasteiger partial charge < -0.3 is 14.7 Å². The number of carboxylic acids is 1. The van der Waals surface area contributed by atoms with Gasteiger partial charge in [-0.05, 0) is 7.05 Å². The maximum absolute atomic E-state index is 12.9. The lowest BCUT2D eigenvalue weighted by Gasteiger charge is -2.30. The third kappa shape index (κ3) is 3.04. The molecule has 0 aliphatic carbocycles. The van der Waals surface area contributed by atoms with Gasteiger partial charge in [0, 0.05) is 13.1 Å². The maximum atomic E-state index is 12.9. The molecule has 9 heteroatoms. The number of nitrogens with zero attached hydrogens (tertiary/aromatic N) is 4. The number of alkyl halides is 2. The van der Waals surface area contributed by atoms with Gasteiger partial charge in [0.2, 0.25) is 0 Å². The third-order valence-corrected chi connectivity index (χ3v) is 2.90. The molecular weight excluding hydrogens is 262 g/mol. The lowest BCUT2D eigenvalue weighted by atomic mass is 10.2. The summed E-state index contributed by atoms with van der Waals surface area (Å²) >= 11 is 0. The highest BCUT2D eigenvalue weighted by molar-refractivity contribution is 5.86. The Bertz CT molecular complexity index is 466. The van der Waals surface area contributed by atoms with Gasteiger partial charge in [-0.1, -0.05) is 5.21 Å². The topological polar surface area (TPSA) is 80.5 Å². The van der Waals surface area contributed by atoms with Crippen molar-refractivity contribution in [2.75, 3.05) is 26.7 Å². The van der Waals surface area contributed by atoms with E-state index in [0.29, 0.717) is 13.2 Å². The van der Waals surface area contributed by atoms with Gasteiger partial charge in [0.05, 0.1) is 19.3 Å². The van der Waals surface area contributed by atoms with E-state index in [2.05, 4.69) is 10.3 Å². The minimum atomic E-state index is -2.94. The summed E-state index contributed by atoms with van der Waals surface area (Å²) in [7, 11) is 1.90. The van der Waals surface area contributed by atoms with Crippen LogP contribution in [0.4, 0.5) is 8.78 Å². The molecule has 0 bridgehead atoms. The van der Waals surface area contributed by atoms with Gasteiger partial charge in [-0.3, -0.25) is 0 Å². The number of likely N-dealkylation sites (N-methyl/N-ethyl adjacent to an activating group) is 1. The minimum absolute atomic E-state index is 0.0598. The van der Waals surface area contributed by atoms with Crippen molar-refractivity contribution in [1.82, 2.24) is 19.9 Å². The van der Waals surface area contributed by atoms with Crippen LogP contribution in [0.1, 0.15) is 22.6 Å². The molecule has 0 aromatic carbocycles. The number of rotatable bonds is 4. The summed E-state index contributed by atoms with van der Waals surface area (Å²) in [5.41, 5.74) is -1.39. The monoisotopic (exact) mass is 276 g/mol. The van der Waals surface area contributed by atoms with Crippen LogP contribution in [-0.4, -0.2) is 63.8 Å². The van der Waals surface area contributed by atoms with E-state index < -0.39 is 23.8 Å². The Balaban J connectivity index is 2.18. The Morgan fingerprint density at radius 2 is 2.37 bits per heavy atom. The molecule has 1 fully saturated rings. The molecule has 1 atom stereocenters. The standard InChI is InChI=1S/C10H14F2N4O3/c1-15-2-3-19-6(4-15)5-16-8(9(11)12)7(10(17)18)13-14-16/h6,9H,2-5H2,1H3,(H,17,18). The van der Waals surface area contributed by atoms with Gasteiger partial charge in [-0.25, -0.2) is 18.3 Å². The van der Waals surface area contributed by atoms with E-state index in [1.807, 2.05) is 11.9 Å². The smallest absolute Gasteiger partial charge is 0.358 e. The van der Waals surface area contributed by atoms with E-state index in [9.17, 15) is 13.6 Å². The fourth-order valence-electron chi connectivity index (χ4n) is 1.99. The summed E-state index contributed by atoms with van der Waals surface area (Å²) in [5.74, 6) is -1.51. The second kappa shape index (κ2) is 5.57. The van der Waals surface area contributed by atoms with Crippen LogP contribution in [0.3, 0.4) is 0 Å². The fourth-order valence-corrected chi connectivity index (χ4v) is 1.99. The van der Waals surface area contributed by atoms with E-state index in [0.717, 1.165) is 11.2 Å². The van der Waals surface area contributed by atoms with Gasteiger partial charge in [-0.2, -0.15) is 0 Å². The van der Waals surface area contributed by atoms with Gasteiger partial charge >= 0.3 is 5.97 Å². The van der Waals surface area contributed by atoms with E-state index >= 15 is 0 Å². The Hall–Kier alpha value is -1.61. The summed E-state index contributed by atoms with van der Waals surface area (Å²) < 4.78 is 32.1. The molecule has 1 saturated heterocycles. The van der Waals surface area contributed by atoms with Gasteiger partial charge in [0.25, 0.3) is 6.43 Å². The number of carbonyl (C=O) groups is 1. The first-order valence-corrected chi connectivity index (χ1v) is 5.74. The molecule has 19 heavy (non-hydrogen) atoms. The predicted molar refractivity (Wildman–Crippen MR) is 59.2 cm³/mol. The van der Waals surface area contributed by atoms with Crippen LogP contribution in [0.15, 0.2) is 0 Å². The SMILES string of the molecule is CN1CCOC(Cn2nnc(C(=O)O)c2C(F)F)C1. The van der Waals surface area contributed by atoms with Gasteiger partial charge in [-0.15, -0.1) is 5.10 Å². The number of hydrogen-bond acceptors (Lipinski definition) is 5. The highest BCUT2D eigenvalue weighted by Crippen LogP contribution is 2.22. The van der Waals surface area contributed by atoms with Crippen molar-refractivity contribution in [1.29, 1.82) is 0 Å². The Morgan fingerprint density at radius 3 is 2.95 bits per heavy atom.